The van der Waals surface area contributed by atoms with Crippen molar-refractivity contribution in [2.45, 2.75) is 49.6 Å². The van der Waals surface area contributed by atoms with Crippen LogP contribution in [0, 0.1) is 11.7 Å². The summed E-state index contributed by atoms with van der Waals surface area (Å²) in [5, 5.41) is 3.34. The molecular formula is C18H26FN3O3S. The van der Waals surface area contributed by atoms with E-state index in [0.29, 0.717) is 25.6 Å². The summed E-state index contributed by atoms with van der Waals surface area (Å²) in [7, 11) is -3.80. The molecule has 2 heterocycles. The number of piperidine rings is 2. The number of carbonyl (C=O) groups excluding carboxylic acids is 1. The maximum Gasteiger partial charge on any atom is 0.240 e. The minimum atomic E-state index is -3.80. The van der Waals surface area contributed by atoms with E-state index in [2.05, 4.69) is 17.0 Å². The van der Waals surface area contributed by atoms with E-state index in [9.17, 15) is 17.6 Å². The van der Waals surface area contributed by atoms with Crippen LogP contribution in [0.4, 0.5) is 4.39 Å². The van der Waals surface area contributed by atoms with Gasteiger partial charge in [-0.2, -0.15) is 0 Å². The molecule has 2 saturated heterocycles. The number of hydrogen-bond donors (Lipinski definition) is 2. The van der Waals surface area contributed by atoms with Crippen LogP contribution < -0.4 is 10.0 Å². The van der Waals surface area contributed by atoms with Crippen molar-refractivity contribution in [2.24, 2.45) is 5.92 Å². The van der Waals surface area contributed by atoms with Crippen LogP contribution in [0.15, 0.2) is 29.2 Å². The van der Waals surface area contributed by atoms with Gasteiger partial charge in [0.25, 0.3) is 0 Å². The first-order chi connectivity index (χ1) is 12.3. The first kappa shape index (κ1) is 19.3. The predicted octanol–water partition coefficient (Wildman–Crippen LogP) is 1.48. The second kappa shape index (κ2) is 8.02. The maximum atomic E-state index is 13.3. The smallest absolute Gasteiger partial charge is 0.240 e. The Morgan fingerprint density at radius 1 is 1.35 bits per heavy atom. The molecule has 0 bridgehead atoms. The average Bonchev–Trinajstić information content (AvgIpc) is 2.61. The van der Waals surface area contributed by atoms with Gasteiger partial charge in [-0.05, 0) is 57.4 Å². The summed E-state index contributed by atoms with van der Waals surface area (Å²) >= 11 is 0. The molecule has 8 heteroatoms. The molecule has 0 radical (unpaired) electrons. The molecule has 0 spiro atoms. The van der Waals surface area contributed by atoms with E-state index >= 15 is 0 Å². The van der Waals surface area contributed by atoms with Gasteiger partial charge in [-0.25, -0.2) is 17.5 Å². The van der Waals surface area contributed by atoms with Gasteiger partial charge in [-0.1, -0.05) is 6.07 Å². The fourth-order valence-corrected chi connectivity index (χ4v) is 5.10. The lowest BCUT2D eigenvalue weighted by Crippen LogP contribution is -2.52. The maximum absolute atomic E-state index is 13.3. The van der Waals surface area contributed by atoms with Gasteiger partial charge in [0, 0.05) is 31.1 Å². The molecule has 2 N–H and O–H groups in total. The van der Waals surface area contributed by atoms with Crippen LogP contribution in [0.5, 0.6) is 0 Å². The molecule has 1 aromatic rings. The highest BCUT2D eigenvalue weighted by atomic mass is 32.2. The minimum absolute atomic E-state index is 0.00447. The Morgan fingerprint density at radius 3 is 2.88 bits per heavy atom. The standard InChI is InChI=1S/C18H26FN3O3S/c1-13-10-14(7-8-20-13)18(23)22-9-3-5-16(12-22)21-26(24,25)17-6-2-4-15(19)11-17/h2,4,6,11,13-14,16,20-21H,3,5,7-10,12H2,1H3/t13-,14-,16?/m0/s1. The third kappa shape index (κ3) is 4.61. The molecule has 0 aromatic heterocycles. The summed E-state index contributed by atoms with van der Waals surface area (Å²) < 4.78 is 40.9. The van der Waals surface area contributed by atoms with Crippen molar-refractivity contribution in [1.82, 2.24) is 14.9 Å². The molecule has 6 nitrogen and oxygen atoms in total. The number of nitrogens with zero attached hydrogens (tertiary/aromatic N) is 1. The van der Waals surface area contributed by atoms with E-state index < -0.39 is 15.8 Å². The first-order valence-corrected chi connectivity index (χ1v) is 10.6. The van der Waals surface area contributed by atoms with Gasteiger partial charge in [-0.3, -0.25) is 4.79 Å². The lowest BCUT2D eigenvalue weighted by Gasteiger charge is -2.37. The Bertz CT molecular complexity index is 756. The van der Waals surface area contributed by atoms with Crippen LogP contribution >= 0.6 is 0 Å². The topological polar surface area (TPSA) is 78.5 Å². The number of sulfonamides is 1. The van der Waals surface area contributed by atoms with Crippen molar-refractivity contribution >= 4 is 15.9 Å². The molecular weight excluding hydrogens is 357 g/mol. The summed E-state index contributed by atoms with van der Waals surface area (Å²) in [6.45, 7) is 3.94. The second-order valence-electron chi connectivity index (χ2n) is 7.28. The second-order valence-corrected chi connectivity index (χ2v) is 8.99. The highest BCUT2D eigenvalue weighted by Crippen LogP contribution is 2.22. The Labute approximate surface area is 154 Å². The van der Waals surface area contributed by atoms with E-state index in [1.54, 1.807) is 4.90 Å². The number of hydrogen-bond acceptors (Lipinski definition) is 4. The van der Waals surface area contributed by atoms with Gasteiger partial charge in [0.15, 0.2) is 0 Å². The molecule has 26 heavy (non-hydrogen) atoms. The zero-order valence-corrected chi connectivity index (χ0v) is 15.8. The number of rotatable bonds is 4. The molecule has 2 aliphatic heterocycles. The number of benzene rings is 1. The van der Waals surface area contributed by atoms with Crippen molar-refractivity contribution in [3.05, 3.63) is 30.1 Å². The predicted molar refractivity (Wildman–Crippen MR) is 96.5 cm³/mol. The van der Waals surface area contributed by atoms with Crippen LogP contribution in [0.25, 0.3) is 0 Å². The largest absolute Gasteiger partial charge is 0.341 e. The summed E-state index contributed by atoms with van der Waals surface area (Å²) in [6, 6.07) is 4.93. The number of halogens is 1. The molecule has 3 rings (SSSR count). The van der Waals surface area contributed by atoms with E-state index in [4.69, 9.17) is 0 Å². The molecule has 2 aliphatic rings. The molecule has 2 fully saturated rings. The van der Waals surface area contributed by atoms with Crippen LogP contribution in [0.1, 0.15) is 32.6 Å². The van der Waals surface area contributed by atoms with Gasteiger partial charge in [-0.15, -0.1) is 0 Å². The molecule has 0 aliphatic carbocycles. The third-order valence-corrected chi connectivity index (χ3v) is 6.65. The van der Waals surface area contributed by atoms with Crippen LogP contribution in [0.2, 0.25) is 0 Å². The average molecular weight is 383 g/mol. The van der Waals surface area contributed by atoms with Crippen molar-refractivity contribution in [3.8, 4) is 0 Å². The number of likely N-dealkylation sites (tertiary alicyclic amines) is 1. The molecule has 1 amide bonds. The van der Waals surface area contributed by atoms with Crippen molar-refractivity contribution in [1.29, 1.82) is 0 Å². The van der Waals surface area contributed by atoms with Gasteiger partial charge < -0.3 is 10.2 Å². The lowest BCUT2D eigenvalue weighted by molar-refractivity contribution is -0.138. The summed E-state index contributed by atoms with van der Waals surface area (Å²) in [5.41, 5.74) is 0. The fraction of sp³-hybridized carbons (Fsp3) is 0.611. The normalized spacial score (nSPS) is 27.3. The minimum Gasteiger partial charge on any atom is -0.341 e. The quantitative estimate of drug-likeness (QED) is 0.826. The van der Waals surface area contributed by atoms with E-state index in [-0.39, 0.29) is 22.8 Å². The highest BCUT2D eigenvalue weighted by molar-refractivity contribution is 7.89. The number of nitrogens with one attached hydrogen (secondary N) is 2. The molecule has 144 valence electrons. The Morgan fingerprint density at radius 2 is 2.15 bits per heavy atom. The Kier molecular flexibility index (Phi) is 5.94. The van der Waals surface area contributed by atoms with Crippen molar-refractivity contribution < 1.29 is 17.6 Å². The summed E-state index contributed by atoms with van der Waals surface area (Å²) in [5.74, 6) is -0.466. The van der Waals surface area contributed by atoms with Crippen LogP contribution in [-0.2, 0) is 14.8 Å². The van der Waals surface area contributed by atoms with Crippen molar-refractivity contribution in [2.75, 3.05) is 19.6 Å². The Hall–Kier alpha value is -1.51. The summed E-state index contributed by atoms with van der Waals surface area (Å²) in [4.78, 5) is 14.5. The molecule has 3 atom stereocenters. The van der Waals surface area contributed by atoms with E-state index in [0.717, 1.165) is 31.9 Å². The van der Waals surface area contributed by atoms with Crippen molar-refractivity contribution in [3.63, 3.8) is 0 Å². The third-order valence-electron chi connectivity index (χ3n) is 5.13. The molecule has 1 unspecified atom stereocenters. The number of amides is 1. The zero-order chi connectivity index (χ0) is 18.7. The molecule has 0 saturated carbocycles. The van der Waals surface area contributed by atoms with Gasteiger partial charge in [0.2, 0.25) is 15.9 Å². The zero-order valence-electron chi connectivity index (χ0n) is 14.9. The van der Waals surface area contributed by atoms with E-state index in [1.165, 1.54) is 18.2 Å². The van der Waals surface area contributed by atoms with E-state index in [1.807, 2.05) is 0 Å². The summed E-state index contributed by atoms with van der Waals surface area (Å²) in [6.07, 6.45) is 3.05. The monoisotopic (exact) mass is 383 g/mol. The lowest BCUT2D eigenvalue weighted by atomic mass is 9.91. The van der Waals surface area contributed by atoms with Gasteiger partial charge >= 0.3 is 0 Å². The van der Waals surface area contributed by atoms with Crippen LogP contribution in [-0.4, -0.2) is 50.9 Å². The fourth-order valence-electron chi connectivity index (χ4n) is 3.81. The first-order valence-electron chi connectivity index (χ1n) is 9.15. The van der Waals surface area contributed by atoms with Gasteiger partial charge in [0.1, 0.15) is 5.82 Å². The Balaban J connectivity index is 1.64. The SMILES string of the molecule is C[C@H]1C[C@@H](C(=O)N2CCCC(NS(=O)(=O)c3cccc(F)c3)C2)CCN1. The molecule has 1 aromatic carbocycles. The number of carbonyl (C=O) groups is 1. The van der Waals surface area contributed by atoms with Gasteiger partial charge in [0.05, 0.1) is 4.90 Å². The highest BCUT2D eigenvalue weighted by Gasteiger charge is 2.32. The van der Waals surface area contributed by atoms with Crippen LogP contribution in [0.3, 0.4) is 0 Å².